The summed E-state index contributed by atoms with van der Waals surface area (Å²) in [4.78, 5) is 67.4. The van der Waals surface area contributed by atoms with Gasteiger partial charge in [-0.3, -0.25) is 4.79 Å². The number of hydrogen-bond acceptors (Lipinski definition) is 23. The van der Waals surface area contributed by atoms with Crippen LogP contribution in [0.15, 0.2) is 36.4 Å². The molecule has 0 aliphatic carbocycles. The molecule has 310 valence electrons. The van der Waals surface area contributed by atoms with Gasteiger partial charge in [-0.15, -0.1) is 0 Å². The number of cyclic esters (lactones) is 1. The number of ether oxygens (including phenoxy) is 6. The minimum absolute atomic E-state index is 0.452. The number of esters is 5. The first kappa shape index (κ1) is 40.5. The van der Waals surface area contributed by atoms with Crippen molar-refractivity contribution >= 4 is 29.8 Å². The number of phenols is 12. The van der Waals surface area contributed by atoms with Gasteiger partial charge in [-0.25, -0.2) is 19.2 Å². The van der Waals surface area contributed by atoms with Crippen LogP contribution in [0.3, 0.4) is 0 Å². The van der Waals surface area contributed by atoms with Crippen LogP contribution in [0.1, 0.15) is 48.4 Å². The van der Waals surface area contributed by atoms with Crippen molar-refractivity contribution in [1.29, 1.82) is 0 Å². The van der Waals surface area contributed by atoms with Gasteiger partial charge in [-0.05, 0) is 36.4 Å². The summed E-state index contributed by atoms with van der Waals surface area (Å²) in [7, 11) is 0. The van der Waals surface area contributed by atoms with Crippen LogP contribution in [0.4, 0.5) is 0 Å². The lowest BCUT2D eigenvalue weighted by molar-refractivity contribution is -0.289. The minimum atomic E-state index is -2.35. The van der Waals surface area contributed by atoms with E-state index < -0.39 is 170 Å². The van der Waals surface area contributed by atoms with Crippen molar-refractivity contribution in [3.8, 4) is 80.1 Å². The molecular formula is C36H28O23. The zero-order valence-corrected chi connectivity index (χ0v) is 29.4. The third kappa shape index (κ3) is 7.30. The molecule has 0 saturated carbocycles. The molecule has 6 rings (SSSR count). The predicted molar refractivity (Wildman–Crippen MR) is 183 cm³/mol. The maximum Gasteiger partial charge on any atom is 0.339 e. The zero-order valence-electron chi connectivity index (χ0n) is 29.4. The largest absolute Gasteiger partial charge is 0.504 e. The minimum Gasteiger partial charge on any atom is -0.504 e. The number of benzene rings is 4. The topological polar surface area (TPSA) is 383 Å². The number of phenolic OH excluding ortho intramolecular Hbond substituents is 12. The molecule has 1 fully saturated rings. The number of aromatic hydroxyl groups is 12. The standard InChI is InChI=1S/C36H28O23/c1-9(37)55-36-31(59-33(51)11-4-16(40)24(45)17(41)5-11)30(58-32(50)10-2-14(38)23(44)15(39)3-10)29-20(56-36)8-54-34(52)12-6-18(42)25(46)27(48)21(12)22-13(35(53)57-29)7-19(43)26(47)28(22)49/h2-7,20,29-31,36,38-49H,8H2,1H3. The van der Waals surface area contributed by atoms with Crippen molar-refractivity contribution in [2.75, 3.05) is 6.61 Å². The molecule has 2 aliphatic rings. The molecule has 4 aromatic carbocycles. The Bertz CT molecular complexity index is 2410. The molecular weight excluding hydrogens is 800 g/mol. The molecule has 5 unspecified atom stereocenters. The summed E-state index contributed by atoms with van der Waals surface area (Å²) in [5.74, 6) is -21.6. The van der Waals surface area contributed by atoms with E-state index >= 15 is 0 Å². The normalized spacial score (nSPS) is 20.0. The van der Waals surface area contributed by atoms with Crippen molar-refractivity contribution in [2.24, 2.45) is 0 Å². The zero-order chi connectivity index (χ0) is 43.4. The van der Waals surface area contributed by atoms with Crippen molar-refractivity contribution in [3.05, 3.63) is 58.7 Å². The summed E-state index contributed by atoms with van der Waals surface area (Å²) in [6.07, 6.45) is -11.1. The van der Waals surface area contributed by atoms with Gasteiger partial charge in [0.05, 0.1) is 22.3 Å². The quantitative estimate of drug-likeness (QED) is 0.0765. The lowest BCUT2D eigenvalue weighted by Crippen LogP contribution is -2.63. The van der Waals surface area contributed by atoms with Crippen molar-refractivity contribution in [3.63, 3.8) is 0 Å². The Balaban J connectivity index is 1.56. The van der Waals surface area contributed by atoms with Crippen molar-refractivity contribution < 1.29 is 114 Å². The van der Waals surface area contributed by atoms with Crippen LogP contribution in [0.2, 0.25) is 0 Å². The number of carbonyl (C=O) groups excluding carboxylic acids is 5. The second-order valence-corrected chi connectivity index (χ2v) is 12.6. The summed E-state index contributed by atoms with van der Waals surface area (Å²) >= 11 is 0. The highest BCUT2D eigenvalue weighted by Gasteiger charge is 2.55. The van der Waals surface area contributed by atoms with E-state index in [2.05, 4.69) is 0 Å². The summed E-state index contributed by atoms with van der Waals surface area (Å²) in [6.45, 7) is -0.286. The summed E-state index contributed by atoms with van der Waals surface area (Å²) in [5, 5.41) is 123. The van der Waals surface area contributed by atoms with E-state index in [1.165, 1.54) is 0 Å². The van der Waals surface area contributed by atoms with Crippen LogP contribution < -0.4 is 0 Å². The van der Waals surface area contributed by atoms with Gasteiger partial charge in [-0.2, -0.15) is 0 Å². The predicted octanol–water partition coefficient (Wildman–Crippen LogP) is 1.26. The Morgan fingerprint density at radius 1 is 0.542 bits per heavy atom. The van der Waals surface area contributed by atoms with Gasteiger partial charge in [0.25, 0.3) is 0 Å². The van der Waals surface area contributed by atoms with Crippen LogP contribution in [-0.4, -0.2) is 128 Å². The van der Waals surface area contributed by atoms with Crippen molar-refractivity contribution in [2.45, 2.75) is 37.6 Å². The van der Waals surface area contributed by atoms with E-state index in [1.54, 1.807) is 0 Å². The van der Waals surface area contributed by atoms with Gasteiger partial charge in [0.2, 0.25) is 23.9 Å². The van der Waals surface area contributed by atoms with E-state index in [0.29, 0.717) is 36.4 Å². The van der Waals surface area contributed by atoms with E-state index in [0.717, 1.165) is 6.92 Å². The summed E-state index contributed by atoms with van der Waals surface area (Å²) in [6, 6.07) is 3.37. The number of hydrogen-bond donors (Lipinski definition) is 12. The van der Waals surface area contributed by atoms with Gasteiger partial charge < -0.3 is 89.7 Å². The molecule has 12 N–H and O–H groups in total. The SMILES string of the molecule is CC(=O)OC1OC2COC(=O)c3cc(O)c(O)c(O)c3-c3c(cc(O)c(O)c3O)C(=O)OC2C(OC(=O)c2cc(O)c(O)c(O)c2)C1OC(=O)c1cc(O)c(O)c(O)c1. The fraction of sp³-hybridized carbons (Fsp3) is 0.194. The molecule has 2 aliphatic heterocycles. The van der Waals surface area contributed by atoms with E-state index in [4.69, 9.17) is 28.4 Å². The summed E-state index contributed by atoms with van der Waals surface area (Å²) in [5.41, 5.74) is -5.39. The number of fused-ring (bicyclic) bond motifs is 4. The first-order valence-corrected chi connectivity index (χ1v) is 16.4. The second kappa shape index (κ2) is 15.0. The van der Waals surface area contributed by atoms with Gasteiger partial charge in [-0.1, -0.05) is 0 Å². The number of carbonyl (C=O) groups is 5. The molecule has 59 heavy (non-hydrogen) atoms. The van der Waals surface area contributed by atoms with E-state index in [1.807, 2.05) is 0 Å². The molecule has 23 heteroatoms. The maximum atomic E-state index is 14.2. The molecule has 0 spiro atoms. The molecule has 2 heterocycles. The van der Waals surface area contributed by atoms with Crippen LogP contribution in [0, 0.1) is 0 Å². The van der Waals surface area contributed by atoms with Crippen LogP contribution in [0.25, 0.3) is 11.1 Å². The molecule has 0 aromatic heterocycles. The number of rotatable bonds is 5. The highest BCUT2D eigenvalue weighted by atomic mass is 16.7. The summed E-state index contributed by atoms with van der Waals surface area (Å²) < 4.78 is 32.9. The highest BCUT2D eigenvalue weighted by molar-refractivity contribution is 6.08. The average Bonchev–Trinajstić information content (AvgIpc) is 3.18. The molecule has 5 atom stereocenters. The van der Waals surface area contributed by atoms with E-state index in [9.17, 15) is 85.3 Å². The Labute approximate surface area is 326 Å². The van der Waals surface area contributed by atoms with Crippen LogP contribution >= 0.6 is 0 Å². The Morgan fingerprint density at radius 2 is 0.949 bits per heavy atom. The molecule has 23 nitrogen and oxygen atoms in total. The first-order chi connectivity index (χ1) is 27.7. The monoisotopic (exact) mass is 828 g/mol. The van der Waals surface area contributed by atoms with Crippen LogP contribution in [-0.2, 0) is 33.2 Å². The second-order valence-electron chi connectivity index (χ2n) is 12.6. The van der Waals surface area contributed by atoms with Gasteiger partial charge >= 0.3 is 29.8 Å². The molecule has 0 amide bonds. The molecule has 4 aromatic rings. The average molecular weight is 829 g/mol. The third-order valence-electron chi connectivity index (χ3n) is 8.79. The Morgan fingerprint density at radius 3 is 1.39 bits per heavy atom. The molecule has 1 saturated heterocycles. The fourth-order valence-electron chi connectivity index (χ4n) is 6.04. The fourth-order valence-corrected chi connectivity index (χ4v) is 6.04. The van der Waals surface area contributed by atoms with Gasteiger partial charge in [0.1, 0.15) is 12.7 Å². The van der Waals surface area contributed by atoms with Crippen LogP contribution in [0.5, 0.6) is 69.0 Å². The lowest BCUT2D eigenvalue weighted by Gasteiger charge is -2.43. The maximum absolute atomic E-state index is 14.2. The third-order valence-corrected chi connectivity index (χ3v) is 8.79. The smallest absolute Gasteiger partial charge is 0.339 e. The molecule has 0 radical (unpaired) electrons. The van der Waals surface area contributed by atoms with Crippen molar-refractivity contribution in [1.82, 2.24) is 0 Å². The molecule has 0 bridgehead atoms. The highest BCUT2D eigenvalue weighted by Crippen LogP contribution is 2.53. The first-order valence-electron chi connectivity index (χ1n) is 16.4. The lowest BCUT2D eigenvalue weighted by atomic mass is 9.92. The van der Waals surface area contributed by atoms with E-state index in [-0.39, 0.29) is 0 Å². The van der Waals surface area contributed by atoms with Gasteiger partial charge in [0.15, 0.2) is 69.7 Å². The van der Waals surface area contributed by atoms with Gasteiger partial charge in [0, 0.05) is 18.1 Å². The Kier molecular flexibility index (Phi) is 10.3. The Hall–Kier alpha value is -8.21.